The van der Waals surface area contributed by atoms with Crippen molar-refractivity contribution < 1.29 is 13.6 Å². The van der Waals surface area contributed by atoms with E-state index >= 15 is 0 Å². The predicted octanol–water partition coefficient (Wildman–Crippen LogP) is 5.50. The van der Waals surface area contributed by atoms with Crippen LogP contribution in [0.1, 0.15) is 23.8 Å². The van der Waals surface area contributed by atoms with Gasteiger partial charge >= 0.3 is 0 Å². The van der Waals surface area contributed by atoms with Gasteiger partial charge in [0.25, 0.3) is 0 Å². The Kier molecular flexibility index (Phi) is 5.80. The Morgan fingerprint density at radius 3 is 2.20 bits per heavy atom. The molecule has 0 aliphatic rings. The number of hydrogen-bond acceptors (Lipinski definition) is 4. The predicted molar refractivity (Wildman–Crippen MR) is 116 cm³/mol. The molecular weight excluding hydrogens is 376 g/mol. The lowest BCUT2D eigenvalue weighted by atomic mass is 10.1. The molecule has 0 atom stereocenters. The molecule has 0 radical (unpaired) electrons. The van der Waals surface area contributed by atoms with Crippen LogP contribution in [0.25, 0.3) is 22.6 Å². The van der Waals surface area contributed by atoms with Crippen molar-refractivity contribution >= 4 is 5.91 Å². The van der Waals surface area contributed by atoms with Crippen molar-refractivity contribution in [3.8, 4) is 22.6 Å². The Bertz CT molecular complexity index is 1060. The minimum absolute atomic E-state index is 0.0183. The highest BCUT2D eigenvalue weighted by Crippen LogP contribution is 2.32. The summed E-state index contributed by atoms with van der Waals surface area (Å²) in [7, 11) is 1.78. The van der Waals surface area contributed by atoms with Gasteiger partial charge in [-0.2, -0.15) is 0 Å². The van der Waals surface area contributed by atoms with E-state index in [-0.39, 0.29) is 5.91 Å². The first-order valence-corrected chi connectivity index (χ1v) is 10.00. The zero-order valence-electron chi connectivity index (χ0n) is 17.2. The number of aryl methyl sites for hydroxylation is 2. The van der Waals surface area contributed by atoms with Crippen LogP contribution >= 0.6 is 0 Å². The van der Waals surface area contributed by atoms with Crippen LogP contribution < -0.4 is 0 Å². The Labute approximate surface area is 176 Å². The van der Waals surface area contributed by atoms with Gasteiger partial charge in [-0.3, -0.25) is 4.79 Å². The first kappa shape index (κ1) is 19.7. The summed E-state index contributed by atoms with van der Waals surface area (Å²) in [5, 5.41) is 0. The molecule has 0 saturated carbocycles. The van der Waals surface area contributed by atoms with Gasteiger partial charge in [0, 0.05) is 31.0 Å². The second-order valence-electron chi connectivity index (χ2n) is 7.28. The smallest absolute Gasteiger partial charge is 0.223 e. The maximum atomic E-state index is 12.6. The van der Waals surface area contributed by atoms with Gasteiger partial charge in [0.15, 0.2) is 11.7 Å². The quantitative estimate of drug-likeness (QED) is 0.411. The third kappa shape index (κ3) is 4.51. The molecule has 0 aliphatic heterocycles. The minimum atomic E-state index is 0.0183. The number of aromatic nitrogens is 1. The van der Waals surface area contributed by atoms with E-state index in [0.29, 0.717) is 25.3 Å². The monoisotopic (exact) mass is 400 g/mol. The topological polar surface area (TPSA) is 59.5 Å². The van der Waals surface area contributed by atoms with E-state index in [2.05, 4.69) is 0 Å². The van der Waals surface area contributed by atoms with E-state index in [1.807, 2.05) is 79.7 Å². The molecule has 4 rings (SSSR count). The average Bonchev–Trinajstić information content (AvgIpc) is 3.39. The molecule has 30 heavy (non-hydrogen) atoms. The van der Waals surface area contributed by atoms with Crippen LogP contribution in [0, 0.1) is 6.92 Å². The number of amides is 1. The molecule has 0 saturated heterocycles. The highest BCUT2D eigenvalue weighted by molar-refractivity contribution is 5.77. The summed E-state index contributed by atoms with van der Waals surface area (Å²) in [6.07, 6.45) is 0.756. The fourth-order valence-electron chi connectivity index (χ4n) is 3.34. The largest absolute Gasteiger partial charge is 0.464 e. The van der Waals surface area contributed by atoms with Crippen LogP contribution in [0.3, 0.4) is 0 Å². The standard InChI is InChI=1S/C25H24N2O3/c1-18-13-14-21(29-18)17-27(2)23(28)16-15-22-26-24(19-9-5-3-6-10-19)25(30-22)20-11-7-4-8-12-20/h3-14H,15-17H2,1-2H3. The van der Waals surface area contributed by atoms with Crippen LogP contribution in [0.4, 0.5) is 0 Å². The van der Waals surface area contributed by atoms with Crippen molar-refractivity contribution in [2.75, 3.05) is 7.05 Å². The molecule has 4 aromatic rings. The molecule has 2 aromatic carbocycles. The fourth-order valence-corrected chi connectivity index (χ4v) is 3.34. The second-order valence-corrected chi connectivity index (χ2v) is 7.28. The number of nitrogens with zero attached hydrogens (tertiary/aromatic N) is 2. The van der Waals surface area contributed by atoms with Crippen LogP contribution in [0.5, 0.6) is 0 Å². The zero-order chi connectivity index (χ0) is 20.9. The van der Waals surface area contributed by atoms with E-state index in [4.69, 9.17) is 13.8 Å². The van der Waals surface area contributed by atoms with Crippen molar-refractivity contribution in [2.24, 2.45) is 0 Å². The number of hydrogen-bond donors (Lipinski definition) is 0. The Hall–Kier alpha value is -3.60. The fraction of sp³-hybridized carbons (Fsp3) is 0.200. The highest BCUT2D eigenvalue weighted by Gasteiger charge is 2.18. The van der Waals surface area contributed by atoms with Gasteiger partial charge in [0.2, 0.25) is 5.91 Å². The number of rotatable bonds is 7. The molecule has 0 aliphatic carbocycles. The molecule has 0 unspecified atom stereocenters. The van der Waals surface area contributed by atoms with Crippen molar-refractivity contribution in [2.45, 2.75) is 26.3 Å². The van der Waals surface area contributed by atoms with Gasteiger partial charge in [-0.15, -0.1) is 0 Å². The first-order valence-electron chi connectivity index (χ1n) is 10.00. The molecule has 2 heterocycles. The SMILES string of the molecule is Cc1ccc(CN(C)C(=O)CCc2nc(-c3ccccc3)c(-c3ccccc3)o2)o1. The molecule has 5 nitrogen and oxygen atoms in total. The molecule has 152 valence electrons. The highest BCUT2D eigenvalue weighted by atomic mass is 16.4. The molecular formula is C25H24N2O3. The van der Waals surface area contributed by atoms with Gasteiger partial charge in [-0.05, 0) is 19.1 Å². The third-order valence-corrected chi connectivity index (χ3v) is 4.92. The number of oxazole rings is 1. The van der Waals surface area contributed by atoms with Crippen molar-refractivity contribution in [3.63, 3.8) is 0 Å². The Morgan fingerprint density at radius 2 is 1.57 bits per heavy atom. The van der Waals surface area contributed by atoms with Crippen molar-refractivity contribution in [1.29, 1.82) is 0 Å². The van der Waals surface area contributed by atoms with Gasteiger partial charge in [0.05, 0.1) is 6.54 Å². The van der Waals surface area contributed by atoms with Crippen LogP contribution in [-0.4, -0.2) is 22.8 Å². The molecule has 1 amide bonds. The van der Waals surface area contributed by atoms with Gasteiger partial charge < -0.3 is 13.7 Å². The Morgan fingerprint density at radius 1 is 0.900 bits per heavy atom. The summed E-state index contributed by atoms with van der Waals surface area (Å²) in [6.45, 7) is 2.34. The average molecular weight is 400 g/mol. The summed E-state index contributed by atoms with van der Waals surface area (Å²) in [5.41, 5.74) is 2.75. The summed E-state index contributed by atoms with van der Waals surface area (Å²) in [6, 6.07) is 23.7. The Balaban J connectivity index is 1.50. The first-order chi connectivity index (χ1) is 14.6. The third-order valence-electron chi connectivity index (χ3n) is 4.92. The summed E-state index contributed by atoms with van der Waals surface area (Å²) >= 11 is 0. The number of benzene rings is 2. The van der Waals surface area contributed by atoms with E-state index in [0.717, 1.165) is 34.1 Å². The van der Waals surface area contributed by atoms with E-state index in [1.54, 1.807) is 11.9 Å². The maximum Gasteiger partial charge on any atom is 0.223 e. The number of furan rings is 1. The van der Waals surface area contributed by atoms with E-state index in [9.17, 15) is 4.79 Å². The van der Waals surface area contributed by atoms with E-state index in [1.165, 1.54) is 0 Å². The van der Waals surface area contributed by atoms with Crippen molar-refractivity contribution in [3.05, 3.63) is 90.2 Å². The molecule has 2 aromatic heterocycles. The lowest BCUT2D eigenvalue weighted by molar-refractivity contribution is -0.130. The van der Waals surface area contributed by atoms with Gasteiger partial charge in [-0.25, -0.2) is 4.98 Å². The maximum absolute atomic E-state index is 12.6. The molecule has 0 spiro atoms. The molecule has 5 heteroatoms. The molecule has 0 N–H and O–H groups in total. The van der Waals surface area contributed by atoms with E-state index < -0.39 is 0 Å². The van der Waals surface area contributed by atoms with Crippen molar-refractivity contribution in [1.82, 2.24) is 9.88 Å². The summed E-state index contributed by atoms with van der Waals surface area (Å²) in [4.78, 5) is 19.0. The molecule has 0 fully saturated rings. The van der Waals surface area contributed by atoms with Crippen LogP contribution in [0.2, 0.25) is 0 Å². The summed E-state index contributed by atoms with van der Waals surface area (Å²) in [5.74, 6) is 2.92. The normalized spacial score (nSPS) is 10.9. The minimum Gasteiger partial charge on any atom is -0.464 e. The second kappa shape index (κ2) is 8.82. The zero-order valence-corrected chi connectivity index (χ0v) is 17.2. The lowest BCUT2D eigenvalue weighted by Gasteiger charge is -2.15. The van der Waals surface area contributed by atoms with Gasteiger partial charge in [-0.1, -0.05) is 60.7 Å². The lowest BCUT2D eigenvalue weighted by Crippen LogP contribution is -2.26. The van der Waals surface area contributed by atoms with Gasteiger partial charge in [0.1, 0.15) is 17.2 Å². The number of carbonyl (C=O) groups is 1. The molecule has 0 bridgehead atoms. The summed E-state index contributed by atoms with van der Waals surface area (Å²) < 4.78 is 11.7. The van der Waals surface area contributed by atoms with Crippen LogP contribution in [0.15, 0.2) is 81.6 Å². The van der Waals surface area contributed by atoms with Crippen LogP contribution in [-0.2, 0) is 17.8 Å². The number of carbonyl (C=O) groups excluding carboxylic acids is 1.